The summed E-state index contributed by atoms with van der Waals surface area (Å²) in [6.07, 6.45) is 0.972. The van der Waals surface area contributed by atoms with Gasteiger partial charge in [-0.05, 0) is 6.42 Å². The summed E-state index contributed by atoms with van der Waals surface area (Å²) in [6, 6.07) is 10.4. The third-order valence-electron chi connectivity index (χ3n) is 1.86. The highest BCUT2D eigenvalue weighted by Crippen LogP contribution is 2.06. The van der Waals surface area contributed by atoms with E-state index in [0.717, 1.165) is 12.1 Å². The van der Waals surface area contributed by atoms with Crippen LogP contribution in [0.5, 0.6) is 0 Å². The fourth-order valence-electron chi connectivity index (χ4n) is 1.33. The highest BCUT2D eigenvalue weighted by atomic mass is 15.6. The predicted octanol–water partition coefficient (Wildman–Crippen LogP) is 2.51. The third kappa shape index (κ3) is 3.30. The second-order valence-corrected chi connectivity index (χ2v) is 4.21. The van der Waals surface area contributed by atoms with Gasteiger partial charge in [0.1, 0.15) is 5.71 Å². The van der Waals surface area contributed by atoms with Gasteiger partial charge in [0.2, 0.25) is 0 Å². The maximum Gasteiger partial charge on any atom is 0.103 e. The molecule has 0 saturated carbocycles. The number of rotatable bonds is 3. The van der Waals surface area contributed by atoms with Crippen LogP contribution >= 0.6 is 0 Å². The van der Waals surface area contributed by atoms with E-state index in [2.05, 4.69) is 57.4 Å². The van der Waals surface area contributed by atoms with Crippen molar-refractivity contribution in [2.45, 2.75) is 13.3 Å². The fraction of sp³-hybridized carbons (Fsp3) is 0.417. The zero-order chi connectivity index (χ0) is 10.6. The predicted molar refractivity (Wildman–Crippen MR) is 61.3 cm³/mol. The van der Waals surface area contributed by atoms with Gasteiger partial charge in [0.25, 0.3) is 0 Å². The van der Waals surface area contributed by atoms with Crippen LogP contribution in [0.3, 0.4) is 0 Å². The van der Waals surface area contributed by atoms with Crippen LogP contribution in [0.2, 0.25) is 0 Å². The van der Waals surface area contributed by atoms with E-state index in [9.17, 15) is 0 Å². The Morgan fingerprint density at radius 1 is 1.14 bits per heavy atom. The third-order valence-corrected chi connectivity index (χ3v) is 1.86. The Bertz CT molecular complexity index is 307. The first-order chi connectivity index (χ1) is 6.53. The average Bonchev–Trinajstić information content (AvgIpc) is 2.14. The van der Waals surface area contributed by atoms with Gasteiger partial charge in [-0.25, -0.2) is 4.59 Å². The van der Waals surface area contributed by atoms with E-state index in [0.29, 0.717) is 4.59 Å². The van der Waals surface area contributed by atoms with Crippen molar-refractivity contribution in [3.8, 4) is 0 Å². The van der Waals surface area contributed by atoms with Crippen molar-refractivity contribution in [1.29, 1.82) is 0 Å². The van der Waals surface area contributed by atoms with E-state index in [4.69, 9.17) is 0 Å². The van der Waals surface area contributed by atoms with Crippen molar-refractivity contribution >= 4 is 5.71 Å². The summed E-state index contributed by atoms with van der Waals surface area (Å²) in [7, 11) is 6.20. The molecule has 76 valence electrons. The lowest BCUT2D eigenvalue weighted by molar-refractivity contribution is -0.877. The van der Waals surface area contributed by atoms with Crippen molar-refractivity contribution in [2.24, 2.45) is 5.10 Å². The highest BCUT2D eigenvalue weighted by molar-refractivity contribution is 5.99. The molecule has 0 aromatic heterocycles. The van der Waals surface area contributed by atoms with Gasteiger partial charge in [0, 0.05) is 5.56 Å². The van der Waals surface area contributed by atoms with Gasteiger partial charge >= 0.3 is 0 Å². The Morgan fingerprint density at radius 2 is 1.71 bits per heavy atom. The van der Waals surface area contributed by atoms with E-state index in [1.54, 1.807) is 0 Å². The molecule has 0 fully saturated rings. The minimum Gasteiger partial charge on any atom is -0.205 e. The lowest BCUT2D eigenvalue weighted by Crippen LogP contribution is -2.29. The maximum atomic E-state index is 4.65. The Hall–Kier alpha value is -1.15. The van der Waals surface area contributed by atoms with E-state index in [1.165, 1.54) is 5.56 Å². The van der Waals surface area contributed by atoms with Gasteiger partial charge < -0.3 is 0 Å². The van der Waals surface area contributed by atoms with Gasteiger partial charge in [-0.2, -0.15) is 0 Å². The normalized spacial score (nSPS) is 13.0. The van der Waals surface area contributed by atoms with Crippen molar-refractivity contribution < 1.29 is 4.59 Å². The molecule has 0 unspecified atom stereocenters. The number of nitrogens with zero attached hydrogens (tertiary/aromatic N) is 2. The van der Waals surface area contributed by atoms with Crippen LogP contribution in [0.1, 0.15) is 18.9 Å². The van der Waals surface area contributed by atoms with Crippen LogP contribution in [0, 0.1) is 0 Å². The molecule has 14 heavy (non-hydrogen) atoms. The molecule has 0 aliphatic carbocycles. The van der Waals surface area contributed by atoms with Crippen molar-refractivity contribution in [3.05, 3.63) is 35.9 Å². The number of hydrogen-bond acceptors (Lipinski definition) is 1. The summed E-state index contributed by atoms with van der Waals surface area (Å²) in [5.74, 6) is 0. The fourth-order valence-corrected chi connectivity index (χ4v) is 1.33. The van der Waals surface area contributed by atoms with Crippen LogP contribution in [0.25, 0.3) is 0 Å². The lowest BCUT2D eigenvalue weighted by Gasteiger charge is -2.17. The summed E-state index contributed by atoms with van der Waals surface area (Å²) in [6.45, 7) is 2.14. The number of hydrogen-bond donors (Lipinski definition) is 0. The minimum absolute atomic E-state index is 0.623. The van der Waals surface area contributed by atoms with Crippen LogP contribution in [0.15, 0.2) is 35.4 Å². The first-order valence-corrected chi connectivity index (χ1v) is 4.99. The zero-order valence-corrected chi connectivity index (χ0v) is 9.49. The summed E-state index contributed by atoms with van der Waals surface area (Å²) < 4.78 is 0.623. The lowest BCUT2D eigenvalue weighted by atomic mass is 10.1. The van der Waals surface area contributed by atoms with Gasteiger partial charge in [0.15, 0.2) is 0 Å². The second kappa shape index (κ2) is 4.38. The molecule has 0 N–H and O–H groups in total. The van der Waals surface area contributed by atoms with Crippen LogP contribution in [0.4, 0.5) is 0 Å². The molecule has 0 aliphatic rings. The highest BCUT2D eigenvalue weighted by Gasteiger charge is 2.08. The molecule has 1 aromatic carbocycles. The van der Waals surface area contributed by atoms with Gasteiger partial charge in [-0.15, -0.1) is 0 Å². The first kappa shape index (κ1) is 10.9. The smallest absolute Gasteiger partial charge is 0.103 e. The Balaban J connectivity index is 3.00. The van der Waals surface area contributed by atoms with Gasteiger partial charge in [-0.3, -0.25) is 0 Å². The van der Waals surface area contributed by atoms with E-state index in [1.807, 2.05) is 6.07 Å². The molecule has 2 nitrogen and oxygen atoms in total. The molecule has 0 bridgehead atoms. The van der Waals surface area contributed by atoms with Gasteiger partial charge in [0.05, 0.1) is 21.1 Å². The molecular formula is C12H19N2+. The number of benzene rings is 1. The Kier molecular flexibility index (Phi) is 3.42. The molecule has 2 heteroatoms. The van der Waals surface area contributed by atoms with E-state index in [-0.39, 0.29) is 0 Å². The van der Waals surface area contributed by atoms with Crippen LogP contribution in [-0.2, 0) is 0 Å². The zero-order valence-electron chi connectivity index (χ0n) is 9.49. The standard InChI is InChI=1S/C12H19N2/c1-5-12(13-14(2,3)4)11-9-7-6-8-10-11/h6-10H,5H2,1-4H3/q+1. The maximum absolute atomic E-state index is 4.65. The molecule has 0 radical (unpaired) electrons. The molecular weight excluding hydrogens is 172 g/mol. The average molecular weight is 191 g/mol. The number of quaternary nitrogens is 1. The van der Waals surface area contributed by atoms with E-state index < -0.39 is 0 Å². The minimum atomic E-state index is 0.623. The molecule has 0 saturated heterocycles. The Morgan fingerprint density at radius 3 is 2.14 bits per heavy atom. The van der Waals surface area contributed by atoms with Crippen LogP contribution < -0.4 is 0 Å². The Labute approximate surface area is 86.5 Å². The second-order valence-electron chi connectivity index (χ2n) is 4.21. The molecule has 1 aromatic rings. The first-order valence-electron chi connectivity index (χ1n) is 4.99. The van der Waals surface area contributed by atoms with Crippen molar-refractivity contribution in [1.82, 2.24) is 0 Å². The molecule has 0 spiro atoms. The van der Waals surface area contributed by atoms with Gasteiger partial charge in [-0.1, -0.05) is 42.4 Å². The molecule has 0 heterocycles. The van der Waals surface area contributed by atoms with Crippen molar-refractivity contribution in [3.63, 3.8) is 0 Å². The molecule has 1 rings (SSSR count). The SMILES string of the molecule is CCC(=N[N+](C)(C)C)c1ccccc1. The summed E-state index contributed by atoms with van der Waals surface area (Å²) in [4.78, 5) is 0. The summed E-state index contributed by atoms with van der Waals surface area (Å²) >= 11 is 0. The molecule has 0 amide bonds. The van der Waals surface area contributed by atoms with Crippen LogP contribution in [-0.4, -0.2) is 31.4 Å². The summed E-state index contributed by atoms with van der Waals surface area (Å²) in [5.41, 5.74) is 2.39. The largest absolute Gasteiger partial charge is 0.205 e. The monoisotopic (exact) mass is 191 g/mol. The molecule has 0 atom stereocenters. The summed E-state index contributed by atoms with van der Waals surface area (Å²) in [5, 5.41) is 4.65. The molecule has 0 aliphatic heterocycles. The quantitative estimate of drug-likeness (QED) is 0.395. The topological polar surface area (TPSA) is 12.4 Å². The van der Waals surface area contributed by atoms with Crippen molar-refractivity contribution in [2.75, 3.05) is 21.1 Å². The van der Waals surface area contributed by atoms with E-state index >= 15 is 0 Å².